The molecule has 3 rings (SSSR count). The number of fused-ring (bicyclic) bond motifs is 1. The zero-order valence-electron chi connectivity index (χ0n) is 11.5. The molecular weight excluding hydrogens is 206 g/mol. The molecule has 1 aliphatic heterocycles. The second-order valence-corrected chi connectivity index (χ2v) is 7.04. The summed E-state index contributed by atoms with van der Waals surface area (Å²) in [5.41, 5.74) is 0. The van der Waals surface area contributed by atoms with Crippen LogP contribution in [0.25, 0.3) is 0 Å². The zero-order valence-corrected chi connectivity index (χ0v) is 11.5. The van der Waals surface area contributed by atoms with Gasteiger partial charge in [-0.05, 0) is 42.9 Å². The van der Waals surface area contributed by atoms with E-state index in [0.717, 1.165) is 23.7 Å². The Morgan fingerprint density at radius 1 is 0.824 bits per heavy atom. The zero-order chi connectivity index (χ0) is 11.7. The summed E-state index contributed by atoms with van der Waals surface area (Å²) in [5.74, 6) is 4.15. The third-order valence-electron chi connectivity index (χ3n) is 5.83. The standard InChI is InChI=1S/C16H29N/c1-13-6-2-3-7-14(13)10-17-11-15-8-4-5-9-16(15)12-17/h13-16H,2-12H2,1H3. The maximum absolute atomic E-state index is 2.83. The van der Waals surface area contributed by atoms with Crippen molar-refractivity contribution in [3.05, 3.63) is 0 Å². The first-order valence-corrected chi connectivity index (χ1v) is 8.05. The van der Waals surface area contributed by atoms with Crippen molar-refractivity contribution in [3.63, 3.8) is 0 Å². The van der Waals surface area contributed by atoms with Gasteiger partial charge in [-0.2, -0.15) is 0 Å². The minimum Gasteiger partial charge on any atom is -0.302 e. The van der Waals surface area contributed by atoms with Crippen LogP contribution in [0.1, 0.15) is 58.3 Å². The smallest absolute Gasteiger partial charge is 0.00130 e. The van der Waals surface area contributed by atoms with Crippen LogP contribution in [0.4, 0.5) is 0 Å². The van der Waals surface area contributed by atoms with E-state index in [4.69, 9.17) is 0 Å². The molecule has 4 unspecified atom stereocenters. The Kier molecular flexibility index (Phi) is 3.75. The number of rotatable bonds is 2. The van der Waals surface area contributed by atoms with Crippen LogP contribution in [-0.2, 0) is 0 Å². The van der Waals surface area contributed by atoms with Crippen LogP contribution in [0.15, 0.2) is 0 Å². The summed E-state index contributed by atoms with van der Waals surface area (Å²) in [6.07, 6.45) is 12.1. The molecule has 2 saturated carbocycles. The lowest BCUT2D eigenvalue weighted by atomic mass is 9.80. The van der Waals surface area contributed by atoms with E-state index in [1.807, 2.05) is 0 Å². The second-order valence-electron chi connectivity index (χ2n) is 7.04. The maximum atomic E-state index is 2.83. The van der Waals surface area contributed by atoms with Crippen LogP contribution < -0.4 is 0 Å². The van der Waals surface area contributed by atoms with Crippen molar-refractivity contribution in [1.29, 1.82) is 0 Å². The number of hydrogen-bond donors (Lipinski definition) is 0. The lowest BCUT2D eigenvalue weighted by Gasteiger charge is -2.32. The van der Waals surface area contributed by atoms with E-state index in [1.165, 1.54) is 71.0 Å². The molecule has 0 aromatic carbocycles. The van der Waals surface area contributed by atoms with Gasteiger partial charge in [-0.15, -0.1) is 0 Å². The molecule has 0 radical (unpaired) electrons. The number of hydrogen-bond acceptors (Lipinski definition) is 1. The Balaban J connectivity index is 1.52. The fourth-order valence-corrected chi connectivity index (χ4v) is 4.65. The quantitative estimate of drug-likeness (QED) is 0.701. The topological polar surface area (TPSA) is 3.24 Å². The van der Waals surface area contributed by atoms with E-state index in [9.17, 15) is 0 Å². The highest BCUT2D eigenvalue weighted by molar-refractivity contribution is 4.88. The first-order valence-electron chi connectivity index (χ1n) is 8.05. The predicted molar refractivity (Wildman–Crippen MR) is 73.0 cm³/mol. The van der Waals surface area contributed by atoms with Crippen LogP contribution in [0.3, 0.4) is 0 Å². The van der Waals surface area contributed by atoms with Crippen molar-refractivity contribution in [2.75, 3.05) is 19.6 Å². The fourth-order valence-electron chi connectivity index (χ4n) is 4.65. The second kappa shape index (κ2) is 5.30. The highest BCUT2D eigenvalue weighted by atomic mass is 15.2. The Bertz CT molecular complexity index is 236. The molecule has 0 N–H and O–H groups in total. The van der Waals surface area contributed by atoms with Gasteiger partial charge in [0, 0.05) is 19.6 Å². The maximum Gasteiger partial charge on any atom is 0.00130 e. The normalized spacial score (nSPS) is 43.6. The summed E-state index contributed by atoms with van der Waals surface area (Å²) in [6.45, 7) is 6.79. The van der Waals surface area contributed by atoms with Gasteiger partial charge in [0.1, 0.15) is 0 Å². The van der Waals surface area contributed by atoms with Crippen LogP contribution in [0.5, 0.6) is 0 Å². The van der Waals surface area contributed by atoms with Crippen molar-refractivity contribution in [2.24, 2.45) is 23.7 Å². The molecule has 1 saturated heterocycles. The van der Waals surface area contributed by atoms with E-state index in [-0.39, 0.29) is 0 Å². The van der Waals surface area contributed by atoms with Crippen LogP contribution >= 0.6 is 0 Å². The van der Waals surface area contributed by atoms with Gasteiger partial charge < -0.3 is 4.90 Å². The lowest BCUT2D eigenvalue weighted by molar-refractivity contribution is 0.176. The molecule has 17 heavy (non-hydrogen) atoms. The average molecular weight is 235 g/mol. The Hall–Kier alpha value is -0.0400. The monoisotopic (exact) mass is 235 g/mol. The molecule has 1 heteroatoms. The molecule has 4 atom stereocenters. The average Bonchev–Trinajstić information content (AvgIpc) is 2.74. The first-order chi connectivity index (χ1) is 8.33. The summed E-state index contributed by atoms with van der Waals surface area (Å²) in [5, 5.41) is 0. The Morgan fingerprint density at radius 2 is 1.41 bits per heavy atom. The third-order valence-corrected chi connectivity index (χ3v) is 5.83. The molecule has 1 nitrogen and oxygen atoms in total. The number of likely N-dealkylation sites (tertiary alicyclic amines) is 1. The minimum absolute atomic E-state index is 0.992. The van der Waals surface area contributed by atoms with E-state index in [1.54, 1.807) is 0 Å². The highest BCUT2D eigenvalue weighted by Crippen LogP contribution is 2.38. The summed E-state index contributed by atoms with van der Waals surface area (Å²) in [7, 11) is 0. The predicted octanol–water partition coefficient (Wildman–Crippen LogP) is 3.93. The van der Waals surface area contributed by atoms with Crippen LogP contribution in [-0.4, -0.2) is 24.5 Å². The Labute approximate surface area is 107 Å². The van der Waals surface area contributed by atoms with Crippen molar-refractivity contribution >= 4 is 0 Å². The molecule has 2 aliphatic carbocycles. The molecule has 98 valence electrons. The van der Waals surface area contributed by atoms with Crippen molar-refractivity contribution in [2.45, 2.75) is 58.3 Å². The molecule has 0 amide bonds. The van der Waals surface area contributed by atoms with Gasteiger partial charge in [0.05, 0.1) is 0 Å². The Morgan fingerprint density at radius 3 is 2.06 bits per heavy atom. The van der Waals surface area contributed by atoms with Crippen molar-refractivity contribution in [3.8, 4) is 0 Å². The van der Waals surface area contributed by atoms with Gasteiger partial charge in [-0.3, -0.25) is 0 Å². The largest absolute Gasteiger partial charge is 0.302 e. The van der Waals surface area contributed by atoms with Gasteiger partial charge in [0.2, 0.25) is 0 Å². The minimum atomic E-state index is 0.992. The molecule has 0 spiro atoms. The molecule has 0 aromatic rings. The van der Waals surface area contributed by atoms with Gasteiger partial charge in [0.25, 0.3) is 0 Å². The SMILES string of the molecule is CC1CCCCC1CN1CC2CCCCC2C1. The lowest BCUT2D eigenvalue weighted by Crippen LogP contribution is -2.32. The van der Waals surface area contributed by atoms with Crippen molar-refractivity contribution in [1.82, 2.24) is 4.90 Å². The van der Waals surface area contributed by atoms with Gasteiger partial charge >= 0.3 is 0 Å². The third kappa shape index (κ3) is 2.70. The molecule has 3 fully saturated rings. The van der Waals surface area contributed by atoms with E-state index < -0.39 is 0 Å². The van der Waals surface area contributed by atoms with Crippen LogP contribution in [0, 0.1) is 23.7 Å². The molecule has 3 aliphatic rings. The molecule has 0 aromatic heterocycles. The van der Waals surface area contributed by atoms with Gasteiger partial charge in [-0.1, -0.05) is 39.0 Å². The number of nitrogens with zero attached hydrogens (tertiary/aromatic N) is 1. The molecule has 0 bridgehead atoms. The van der Waals surface area contributed by atoms with E-state index >= 15 is 0 Å². The summed E-state index contributed by atoms with van der Waals surface area (Å²) < 4.78 is 0. The van der Waals surface area contributed by atoms with E-state index in [2.05, 4.69) is 11.8 Å². The summed E-state index contributed by atoms with van der Waals surface area (Å²) in [4.78, 5) is 2.83. The molecular formula is C16H29N. The molecule has 1 heterocycles. The first kappa shape index (κ1) is 12.0. The van der Waals surface area contributed by atoms with Crippen molar-refractivity contribution < 1.29 is 0 Å². The summed E-state index contributed by atoms with van der Waals surface area (Å²) in [6, 6.07) is 0. The van der Waals surface area contributed by atoms with Crippen LogP contribution in [0.2, 0.25) is 0 Å². The summed E-state index contributed by atoms with van der Waals surface area (Å²) >= 11 is 0. The van der Waals surface area contributed by atoms with Gasteiger partial charge in [0.15, 0.2) is 0 Å². The van der Waals surface area contributed by atoms with Gasteiger partial charge in [-0.25, -0.2) is 0 Å². The highest BCUT2D eigenvalue weighted by Gasteiger charge is 2.35. The fraction of sp³-hybridized carbons (Fsp3) is 1.00. The van der Waals surface area contributed by atoms with E-state index in [0.29, 0.717) is 0 Å².